The summed E-state index contributed by atoms with van der Waals surface area (Å²) in [4.78, 5) is 16.4. The van der Waals surface area contributed by atoms with E-state index in [-0.39, 0.29) is 6.10 Å². The molecule has 0 spiro atoms. The maximum atomic E-state index is 12.7. The number of carbonyl (C=O) groups is 1. The van der Waals surface area contributed by atoms with Gasteiger partial charge < -0.3 is 14.5 Å². The van der Waals surface area contributed by atoms with Gasteiger partial charge in [0.05, 0.1) is 17.7 Å². The predicted molar refractivity (Wildman–Crippen MR) is 124 cm³/mol. The van der Waals surface area contributed by atoms with Crippen molar-refractivity contribution in [3.63, 3.8) is 0 Å². The monoisotopic (exact) mass is 456 g/mol. The molecule has 32 heavy (non-hydrogen) atoms. The molecule has 9 heteroatoms. The predicted octanol–water partition coefficient (Wildman–Crippen LogP) is 2.83. The lowest BCUT2D eigenvalue weighted by molar-refractivity contribution is -0.128. The van der Waals surface area contributed by atoms with Gasteiger partial charge in [-0.1, -0.05) is 0 Å². The van der Waals surface area contributed by atoms with Gasteiger partial charge in [0.25, 0.3) is 0 Å². The van der Waals surface area contributed by atoms with Crippen molar-refractivity contribution in [2.45, 2.75) is 26.4 Å². The molecule has 0 unspecified atom stereocenters. The van der Waals surface area contributed by atoms with Crippen molar-refractivity contribution in [3.8, 4) is 11.8 Å². The van der Waals surface area contributed by atoms with Crippen LogP contribution in [0.15, 0.2) is 48.5 Å². The third-order valence-corrected chi connectivity index (χ3v) is 6.20. The van der Waals surface area contributed by atoms with Crippen molar-refractivity contribution in [3.05, 3.63) is 54.1 Å². The number of rotatable bonds is 7. The van der Waals surface area contributed by atoms with Gasteiger partial charge >= 0.3 is 0 Å². The summed E-state index contributed by atoms with van der Waals surface area (Å²) in [5, 5.41) is 8.94. The van der Waals surface area contributed by atoms with Gasteiger partial charge in [-0.05, 0) is 68.8 Å². The molecule has 3 rings (SSSR count). The molecule has 0 bridgehead atoms. The van der Waals surface area contributed by atoms with Crippen LogP contribution >= 0.6 is 0 Å². The molecular formula is C23H28N4O4S. The summed E-state index contributed by atoms with van der Waals surface area (Å²) in [6.45, 7) is 6.12. The summed E-state index contributed by atoms with van der Waals surface area (Å²) in [6, 6.07) is 16.0. The number of amides is 1. The highest BCUT2D eigenvalue weighted by Gasteiger charge is 2.24. The highest BCUT2D eigenvalue weighted by Crippen LogP contribution is 2.19. The maximum Gasteiger partial charge on any atom is 0.241 e. The van der Waals surface area contributed by atoms with Crippen molar-refractivity contribution in [1.29, 1.82) is 5.26 Å². The van der Waals surface area contributed by atoms with E-state index in [9.17, 15) is 13.2 Å². The van der Waals surface area contributed by atoms with Crippen LogP contribution in [-0.4, -0.2) is 57.3 Å². The zero-order valence-corrected chi connectivity index (χ0v) is 19.1. The Kier molecular flexibility index (Phi) is 7.59. The van der Waals surface area contributed by atoms with Crippen molar-refractivity contribution in [1.82, 2.24) is 4.90 Å². The number of hydrogen-bond donors (Lipinski definition) is 1. The van der Waals surface area contributed by atoms with E-state index < -0.39 is 21.7 Å². The molecule has 1 aliphatic rings. The summed E-state index contributed by atoms with van der Waals surface area (Å²) < 4.78 is 33.1. The number of anilines is 2. The van der Waals surface area contributed by atoms with E-state index in [4.69, 9.17) is 10.00 Å². The van der Waals surface area contributed by atoms with E-state index in [1.807, 2.05) is 26.0 Å². The Balaban J connectivity index is 1.55. The molecule has 0 atom stereocenters. The van der Waals surface area contributed by atoms with Gasteiger partial charge in [-0.15, -0.1) is 0 Å². The van der Waals surface area contributed by atoms with Crippen molar-refractivity contribution >= 4 is 27.3 Å². The fraction of sp³-hybridized carbons (Fsp3) is 0.391. The number of nitrogens with one attached hydrogen (secondary N) is 1. The fourth-order valence-corrected chi connectivity index (χ4v) is 4.59. The maximum absolute atomic E-state index is 12.7. The minimum Gasteiger partial charge on any atom is -0.491 e. The van der Waals surface area contributed by atoms with E-state index >= 15 is 0 Å². The Morgan fingerprint density at radius 1 is 1.06 bits per heavy atom. The largest absolute Gasteiger partial charge is 0.491 e. The Bertz CT molecular complexity index is 1060. The molecule has 8 nitrogen and oxygen atoms in total. The number of benzene rings is 2. The van der Waals surface area contributed by atoms with Gasteiger partial charge in [0.1, 0.15) is 11.5 Å². The van der Waals surface area contributed by atoms with Crippen LogP contribution in [0.4, 0.5) is 11.4 Å². The van der Waals surface area contributed by atoms with E-state index in [0.717, 1.165) is 18.7 Å². The van der Waals surface area contributed by atoms with Crippen LogP contribution in [0.5, 0.6) is 5.75 Å². The zero-order chi connectivity index (χ0) is 23.1. The summed E-state index contributed by atoms with van der Waals surface area (Å²) in [7, 11) is -3.83. The lowest BCUT2D eigenvalue weighted by Gasteiger charge is -2.24. The summed E-state index contributed by atoms with van der Waals surface area (Å²) in [5.74, 6) is -0.372. The van der Waals surface area contributed by atoms with Crippen LogP contribution in [-0.2, 0) is 14.8 Å². The van der Waals surface area contributed by atoms with Gasteiger partial charge in [0.2, 0.25) is 15.9 Å². The molecule has 2 aromatic rings. The Labute approximate surface area is 189 Å². The van der Waals surface area contributed by atoms with Gasteiger partial charge in [0, 0.05) is 37.6 Å². The number of carbonyl (C=O) groups excluding carboxylic acids is 1. The molecule has 1 saturated heterocycles. The highest BCUT2D eigenvalue weighted by atomic mass is 32.2. The van der Waals surface area contributed by atoms with Crippen LogP contribution in [0.2, 0.25) is 0 Å². The highest BCUT2D eigenvalue weighted by molar-refractivity contribution is 7.93. The van der Waals surface area contributed by atoms with E-state index in [1.54, 1.807) is 41.3 Å². The fourth-order valence-electron chi connectivity index (χ4n) is 3.52. The van der Waals surface area contributed by atoms with Crippen LogP contribution < -0.4 is 14.4 Å². The summed E-state index contributed by atoms with van der Waals surface area (Å²) in [5.41, 5.74) is 1.97. The normalized spacial score (nSPS) is 14.6. The molecule has 1 aliphatic heterocycles. The molecule has 2 aromatic carbocycles. The zero-order valence-electron chi connectivity index (χ0n) is 18.3. The molecule has 1 heterocycles. The first-order valence-electron chi connectivity index (χ1n) is 10.6. The topological polar surface area (TPSA) is 103 Å². The van der Waals surface area contributed by atoms with E-state index in [1.165, 1.54) is 0 Å². The van der Waals surface area contributed by atoms with Crippen LogP contribution in [0.1, 0.15) is 25.8 Å². The molecular weight excluding hydrogens is 428 g/mol. The molecule has 0 aromatic heterocycles. The Hall–Kier alpha value is -3.25. The molecule has 1 fully saturated rings. The van der Waals surface area contributed by atoms with Gasteiger partial charge in [-0.2, -0.15) is 5.26 Å². The second kappa shape index (κ2) is 10.4. The molecule has 170 valence electrons. The molecule has 0 aliphatic carbocycles. The second-order valence-corrected chi connectivity index (χ2v) is 9.65. The van der Waals surface area contributed by atoms with Crippen molar-refractivity contribution < 1.29 is 17.9 Å². The van der Waals surface area contributed by atoms with E-state index in [2.05, 4.69) is 15.7 Å². The first kappa shape index (κ1) is 23.4. The van der Waals surface area contributed by atoms with Crippen LogP contribution in [0, 0.1) is 11.3 Å². The van der Waals surface area contributed by atoms with Crippen LogP contribution in [0.25, 0.3) is 0 Å². The van der Waals surface area contributed by atoms with E-state index in [0.29, 0.717) is 36.6 Å². The number of nitrogens with zero attached hydrogens (tertiary/aromatic N) is 3. The van der Waals surface area contributed by atoms with Gasteiger partial charge in [0.15, 0.2) is 0 Å². The molecule has 1 N–H and O–H groups in total. The summed E-state index contributed by atoms with van der Waals surface area (Å²) in [6.07, 6.45) is 0.757. The smallest absolute Gasteiger partial charge is 0.241 e. The number of nitriles is 1. The lowest BCUT2D eigenvalue weighted by Crippen LogP contribution is -2.39. The SMILES string of the molecule is CC(C)Oc1ccc(NS(=O)(=O)CC(=O)N2CCCN(c3ccc(C#N)cc3)CC2)cc1. The minimum absolute atomic E-state index is 0.0247. The second-order valence-electron chi connectivity index (χ2n) is 7.93. The third-order valence-electron chi connectivity index (χ3n) is 5.02. The average Bonchev–Trinajstić information content (AvgIpc) is 3.01. The number of sulfonamides is 1. The summed E-state index contributed by atoms with van der Waals surface area (Å²) >= 11 is 0. The van der Waals surface area contributed by atoms with Crippen LogP contribution in [0.3, 0.4) is 0 Å². The Morgan fingerprint density at radius 3 is 2.38 bits per heavy atom. The molecule has 1 amide bonds. The minimum atomic E-state index is -3.83. The molecule has 0 saturated carbocycles. The Morgan fingerprint density at radius 2 is 1.75 bits per heavy atom. The first-order chi connectivity index (χ1) is 15.3. The average molecular weight is 457 g/mol. The van der Waals surface area contributed by atoms with Gasteiger partial charge in [-0.25, -0.2) is 8.42 Å². The van der Waals surface area contributed by atoms with Crippen molar-refractivity contribution in [2.75, 3.05) is 41.6 Å². The van der Waals surface area contributed by atoms with Crippen molar-refractivity contribution in [2.24, 2.45) is 0 Å². The first-order valence-corrected chi connectivity index (χ1v) is 12.2. The number of hydrogen-bond acceptors (Lipinski definition) is 6. The molecule has 0 radical (unpaired) electrons. The van der Waals surface area contributed by atoms with Gasteiger partial charge in [-0.3, -0.25) is 9.52 Å². The quantitative estimate of drug-likeness (QED) is 0.687. The third kappa shape index (κ3) is 6.62. The standard InChI is InChI=1S/C23H28N4O4S/c1-18(2)31-22-10-6-20(7-11-22)25-32(29,30)17-23(28)27-13-3-12-26(14-15-27)21-8-4-19(16-24)5-9-21/h4-11,18,25H,3,12-15,17H2,1-2H3. The number of ether oxygens (including phenoxy) is 1. The lowest BCUT2D eigenvalue weighted by atomic mass is 10.2.